The number of nitrogens with one attached hydrogen (secondary N) is 1. The van der Waals surface area contributed by atoms with Crippen molar-refractivity contribution in [1.29, 1.82) is 0 Å². The third kappa shape index (κ3) is 6.45. The monoisotopic (exact) mass is 521 g/mol. The first-order valence-electron chi connectivity index (χ1n) is 11.9. The van der Waals surface area contributed by atoms with Gasteiger partial charge in [0.2, 0.25) is 21.8 Å². The molecule has 1 atom stereocenters. The fourth-order valence-corrected chi connectivity index (χ4v) is 4.96. The van der Waals surface area contributed by atoms with Crippen molar-refractivity contribution >= 4 is 27.5 Å². The van der Waals surface area contributed by atoms with E-state index in [1.165, 1.54) is 42.2 Å². The maximum Gasteiger partial charge on any atom is 0.244 e. The van der Waals surface area contributed by atoms with Crippen LogP contribution >= 0.6 is 0 Å². The lowest BCUT2D eigenvalue weighted by atomic mass is 10.1. The van der Waals surface area contributed by atoms with Crippen LogP contribution in [0.15, 0.2) is 42.5 Å². The van der Waals surface area contributed by atoms with Gasteiger partial charge in [0.05, 0.1) is 11.4 Å². The summed E-state index contributed by atoms with van der Waals surface area (Å²) < 4.78 is 51.7. The van der Waals surface area contributed by atoms with Crippen LogP contribution < -0.4 is 19.1 Å². The standard InChI is InChI=1S/C25H32FN3O6S/c1-4-21(25(31)27-5-2)28(16-18-7-9-19(26)10-8-18)24(30)17-29(36(32,33)6-3)20-11-12-22-23(15-20)35-14-13-34-22/h7-12,15,21H,4-6,13-14,16-17H2,1-3H3,(H,27,31). The van der Waals surface area contributed by atoms with Gasteiger partial charge in [-0.25, -0.2) is 12.8 Å². The summed E-state index contributed by atoms with van der Waals surface area (Å²) in [6.07, 6.45) is 0.309. The number of hydrogen-bond acceptors (Lipinski definition) is 6. The first-order valence-corrected chi connectivity index (χ1v) is 13.5. The van der Waals surface area contributed by atoms with E-state index in [1.54, 1.807) is 26.0 Å². The Kier molecular flexibility index (Phi) is 9.14. The number of amides is 2. The number of anilines is 1. The molecule has 0 bridgehead atoms. The number of hydrogen-bond donors (Lipinski definition) is 1. The number of carbonyl (C=O) groups excluding carboxylic acids is 2. The second kappa shape index (κ2) is 12.1. The van der Waals surface area contributed by atoms with Crippen molar-refractivity contribution in [3.63, 3.8) is 0 Å². The smallest absolute Gasteiger partial charge is 0.244 e. The van der Waals surface area contributed by atoms with Crippen LogP contribution in [0.3, 0.4) is 0 Å². The van der Waals surface area contributed by atoms with Gasteiger partial charge in [-0.15, -0.1) is 0 Å². The van der Waals surface area contributed by atoms with Crippen molar-refractivity contribution in [1.82, 2.24) is 10.2 Å². The number of carbonyl (C=O) groups is 2. The quantitative estimate of drug-likeness (QED) is 0.488. The summed E-state index contributed by atoms with van der Waals surface area (Å²) in [7, 11) is -3.87. The third-order valence-electron chi connectivity index (χ3n) is 5.80. The molecule has 2 amide bonds. The van der Waals surface area contributed by atoms with Crippen LogP contribution in [0.4, 0.5) is 10.1 Å². The number of nitrogens with zero attached hydrogens (tertiary/aromatic N) is 2. The first-order chi connectivity index (χ1) is 17.2. The van der Waals surface area contributed by atoms with Crippen molar-refractivity contribution < 1.29 is 31.9 Å². The summed E-state index contributed by atoms with van der Waals surface area (Å²) in [5, 5.41) is 2.73. The Hall–Kier alpha value is -3.34. The molecule has 0 fully saturated rings. The van der Waals surface area contributed by atoms with Crippen LogP contribution in [0, 0.1) is 5.82 Å². The Morgan fingerprint density at radius 1 is 1.03 bits per heavy atom. The topological polar surface area (TPSA) is 105 Å². The molecule has 0 radical (unpaired) electrons. The largest absolute Gasteiger partial charge is 0.486 e. The minimum Gasteiger partial charge on any atom is -0.486 e. The second-order valence-electron chi connectivity index (χ2n) is 8.20. The predicted molar refractivity (Wildman–Crippen MR) is 134 cm³/mol. The molecule has 0 aliphatic carbocycles. The molecule has 1 N–H and O–H groups in total. The van der Waals surface area contributed by atoms with Gasteiger partial charge in [0.1, 0.15) is 31.6 Å². The number of likely N-dealkylation sites (N-methyl/N-ethyl adjacent to an activating group) is 1. The van der Waals surface area contributed by atoms with Crippen LogP contribution in [0.5, 0.6) is 11.5 Å². The normalized spacial score (nSPS) is 13.6. The van der Waals surface area contributed by atoms with Crippen molar-refractivity contribution in [2.75, 3.05) is 36.4 Å². The first kappa shape index (κ1) is 27.3. The maximum absolute atomic E-state index is 13.7. The second-order valence-corrected chi connectivity index (χ2v) is 10.4. The van der Waals surface area contributed by atoms with Crippen molar-refractivity contribution in [3.8, 4) is 11.5 Å². The molecule has 0 saturated heterocycles. The molecule has 1 heterocycles. The minimum absolute atomic E-state index is 0.00983. The fraction of sp³-hybridized carbons (Fsp3) is 0.440. The van der Waals surface area contributed by atoms with Gasteiger partial charge in [0, 0.05) is 19.2 Å². The summed E-state index contributed by atoms with van der Waals surface area (Å²) in [6.45, 7) is 5.61. The summed E-state index contributed by atoms with van der Waals surface area (Å²) >= 11 is 0. The fourth-order valence-electron chi connectivity index (χ4n) is 3.90. The zero-order chi connectivity index (χ0) is 26.3. The highest BCUT2D eigenvalue weighted by Gasteiger charge is 2.32. The molecule has 1 aliphatic heterocycles. The third-order valence-corrected chi connectivity index (χ3v) is 7.54. The van der Waals surface area contributed by atoms with E-state index in [-0.39, 0.29) is 23.9 Å². The molecular weight excluding hydrogens is 489 g/mol. The molecule has 2 aromatic carbocycles. The van der Waals surface area contributed by atoms with Crippen molar-refractivity contribution in [3.05, 3.63) is 53.8 Å². The van der Waals surface area contributed by atoms with E-state index < -0.39 is 34.3 Å². The Balaban J connectivity index is 1.97. The number of rotatable bonds is 11. The Morgan fingerprint density at radius 2 is 1.69 bits per heavy atom. The van der Waals surface area contributed by atoms with Gasteiger partial charge < -0.3 is 19.7 Å². The molecular formula is C25H32FN3O6S. The van der Waals surface area contributed by atoms with Crippen LogP contribution in [0.1, 0.15) is 32.8 Å². The van der Waals surface area contributed by atoms with Crippen LogP contribution in [-0.4, -0.2) is 63.2 Å². The lowest BCUT2D eigenvalue weighted by molar-refractivity contribution is -0.140. The Bertz CT molecular complexity index is 1170. The highest BCUT2D eigenvalue weighted by Crippen LogP contribution is 2.35. The molecule has 1 aliphatic rings. The average Bonchev–Trinajstić information content (AvgIpc) is 2.88. The van der Waals surface area contributed by atoms with Gasteiger partial charge in [0.25, 0.3) is 0 Å². The van der Waals surface area contributed by atoms with Gasteiger partial charge in [-0.3, -0.25) is 13.9 Å². The molecule has 11 heteroatoms. The molecule has 0 saturated carbocycles. The Labute approximate surface area is 211 Å². The van der Waals surface area contributed by atoms with Gasteiger partial charge in [0.15, 0.2) is 11.5 Å². The summed E-state index contributed by atoms with van der Waals surface area (Å²) in [4.78, 5) is 27.8. The van der Waals surface area contributed by atoms with Crippen LogP contribution in [-0.2, 0) is 26.2 Å². The van der Waals surface area contributed by atoms with E-state index >= 15 is 0 Å². The number of ether oxygens (including phenoxy) is 2. The average molecular weight is 522 g/mol. The lowest BCUT2D eigenvalue weighted by Gasteiger charge is -2.33. The van der Waals surface area contributed by atoms with Crippen LogP contribution in [0.25, 0.3) is 0 Å². The maximum atomic E-state index is 13.7. The highest BCUT2D eigenvalue weighted by atomic mass is 32.2. The van der Waals surface area contributed by atoms with E-state index in [2.05, 4.69) is 5.32 Å². The SMILES string of the molecule is CCNC(=O)C(CC)N(Cc1ccc(F)cc1)C(=O)CN(c1ccc2c(c1)OCCO2)S(=O)(=O)CC. The number of halogens is 1. The van der Waals surface area contributed by atoms with Crippen molar-refractivity contribution in [2.24, 2.45) is 0 Å². The van der Waals surface area contributed by atoms with Crippen LogP contribution in [0.2, 0.25) is 0 Å². The van der Waals surface area contributed by atoms with Gasteiger partial charge in [-0.2, -0.15) is 0 Å². The minimum atomic E-state index is -3.87. The zero-order valence-electron chi connectivity index (χ0n) is 20.7. The van der Waals surface area contributed by atoms with E-state index in [0.717, 1.165) is 4.31 Å². The molecule has 1 unspecified atom stereocenters. The van der Waals surface area contributed by atoms with Gasteiger partial charge in [-0.05, 0) is 50.1 Å². The highest BCUT2D eigenvalue weighted by molar-refractivity contribution is 7.92. The lowest BCUT2D eigenvalue weighted by Crippen LogP contribution is -2.52. The number of benzene rings is 2. The van der Waals surface area contributed by atoms with Crippen molar-refractivity contribution in [2.45, 2.75) is 39.8 Å². The summed E-state index contributed by atoms with van der Waals surface area (Å²) in [5.41, 5.74) is 0.860. The van der Waals surface area contributed by atoms with E-state index in [4.69, 9.17) is 9.47 Å². The van der Waals surface area contributed by atoms with E-state index in [9.17, 15) is 22.4 Å². The molecule has 0 spiro atoms. The molecule has 36 heavy (non-hydrogen) atoms. The molecule has 0 aromatic heterocycles. The predicted octanol–water partition coefficient (Wildman–Crippen LogP) is 2.70. The molecule has 3 rings (SSSR count). The number of fused-ring (bicyclic) bond motifs is 1. The van der Waals surface area contributed by atoms with E-state index in [1.807, 2.05) is 0 Å². The summed E-state index contributed by atoms with van der Waals surface area (Å²) in [6, 6.07) is 9.45. The molecule has 9 nitrogen and oxygen atoms in total. The summed E-state index contributed by atoms with van der Waals surface area (Å²) in [5.74, 6) is -0.694. The number of sulfonamides is 1. The van der Waals surface area contributed by atoms with E-state index in [0.29, 0.717) is 43.2 Å². The zero-order valence-corrected chi connectivity index (χ0v) is 21.5. The Morgan fingerprint density at radius 3 is 2.31 bits per heavy atom. The van der Waals surface area contributed by atoms with Gasteiger partial charge >= 0.3 is 0 Å². The van der Waals surface area contributed by atoms with Gasteiger partial charge in [-0.1, -0.05) is 19.1 Å². The molecule has 2 aromatic rings. The molecule has 196 valence electrons.